The molecule has 1 amide bonds. The molecule has 6 heteroatoms. The molecule has 5 nitrogen and oxygen atoms in total. The number of carbonyl (C=O) groups is 1. The van der Waals surface area contributed by atoms with Crippen LogP contribution in [0.25, 0.3) is 10.9 Å². The van der Waals surface area contributed by atoms with Gasteiger partial charge < -0.3 is 19.5 Å². The number of halogens is 1. The molecule has 3 aliphatic rings. The summed E-state index contributed by atoms with van der Waals surface area (Å²) in [5, 5.41) is 4.56. The normalized spacial score (nSPS) is 27.4. The van der Waals surface area contributed by atoms with Crippen molar-refractivity contribution in [1.29, 1.82) is 0 Å². The van der Waals surface area contributed by atoms with Crippen molar-refractivity contribution in [3.8, 4) is 5.75 Å². The number of piperazine rings is 1. The molecule has 1 aromatic carbocycles. The summed E-state index contributed by atoms with van der Waals surface area (Å²) in [6, 6.07) is 7.14. The maximum atomic E-state index is 13.5. The van der Waals surface area contributed by atoms with Crippen molar-refractivity contribution >= 4 is 29.2 Å². The van der Waals surface area contributed by atoms with Crippen LogP contribution >= 0.6 is 12.4 Å². The summed E-state index contributed by atoms with van der Waals surface area (Å²) in [6.07, 6.45) is 8.66. The summed E-state index contributed by atoms with van der Waals surface area (Å²) in [7, 11) is 0. The lowest BCUT2D eigenvalue weighted by molar-refractivity contribution is 0.0675. The number of para-hydroxylation sites is 1. The van der Waals surface area contributed by atoms with Gasteiger partial charge in [-0.3, -0.25) is 4.79 Å². The van der Waals surface area contributed by atoms with E-state index in [0.717, 1.165) is 41.9 Å². The molecule has 2 unspecified atom stereocenters. The van der Waals surface area contributed by atoms with Crippen molar-refractivity contribution in [3.63, 3.8) is 0 Å². The molecule has 3 atom stereocenters. The molecule has 3 heterocycles. The Labute approximate surface area is 179 Å². The van der Waals surface area contributed by atoms with Crippen LogP contribution < -0.4 is 10.1 Å². The zero-order valence-corrected chi connectivity index (χ0v) is 18.2. The van der Waals surface area contributed by atoms with Crippen LogP contribution in [-0.4, -0.2) is 47.2 Å². The standard InChI is InChI=1S/C23H31N3O2.ClH/c1-15-11-25(12-16(2)24-15)23(27)19-13-26-20(17-7-4-3-5-8-17)14-28-21-10-6-9-18(19)22(21)26;/h6,9-10,13,15-17,20,24H,3-5,7-8,11-12,14H2,1-2H3;1H/t15?,16?,20-;/m0./s1. The van der Waals surface area contributed by atoms with Crippen molar-refractivity contribution in [2.75, 3.05) is 19.7 Å². The number of hydrogen-bond donors (Lipinski definition) is 1. The van der Waals surface area contributed by atoms with E-state index in [1.54, 1.807) is 0 Å². The molecule has 2 fully saturated rings. The van der Waals surface area contributed by atoms with Crippen molar-refractivity contribution in [2.45, 2.75) is 64.1 Å². The minimum atomic E-state index is 0. The van der Waals surface area contributed by atoms with E-state index in [0.29, 0.717) is 24.0 Å². The predicted molar refractivity (Wildman–Crippen MR) is 118 cm³/mol. The van der Waals surface area contributed by atoms with Crippen LogP contribution in [0, 0.1) is 5.92 Å². The Hall–Kier alpha value is -1.72. The Bertz CT molecular complexity index is 880. The van der Waals surface area contributed by atoms with Crippen LogP contribution in [0.5, 0.6) is 5.75 Å². The van der Waals surface area contributed by atoms with Gasteiger partial charge in [0, 0.05) is 36.8 Å². The van der Waals surface area contributed by atoms with Gasteiger partial charge in [0.2, 0.25) is 0 Å². The Kier molecular flexibility index (Phi) is 5.80. The van der Waals surface area contributed by atoms with Gasteiger partial charge in [-0.2, -0.15) is 0 Å². The number of amides is 1. The molecular formula is C23H32ClN3O2. The summed E-state index contributed by atoms with van der Waals surface area (Å²) in [5.41, 5.74) is 1.95. The fourth-order valence-corrected chi connectivity index (χ4v) is 5.63. The first-order valence-corrected chi connectivity index (χ1v) is 10.9. The van der Waals surface area contributed by atoms with Crippen LogP contribution in [0.3, 0.4) is 0 Å². The zero-order valence-electron chi connectivity index (χ0n) is 17.4. The SMILES string of the molecule is CC1CN(C(=O)c2cn3c4c(cccc24)OC[C@H]3C2CCCCC2)CC(C)N1.Cl. The molecule has 1 saturated heterocycles. The highest BCUT2D eigenvalue weighted by molar-refractivity contribution is 6.08. The third kappa shape index (κ3) is 3.64. The minimum Gasteiger partial charge on any atom is -0.489 e. The molecule has 5 rings (SSSR count). The Balaban J connectivity index is 0.00000205. The Morgan fingerprint density at radius 1 is 1.10 bits per heavy atom. The molecule has 2 aromatic rings. The minimum absolute atomic E-state index is 0. The maximum Gasteiger partial charge on any atom is 0.256 e. The van der Waals surface area contributed by atoms with E-state index in [9.17, 15) is 4.79 Å². The summed E-state index contributed by atoms with van der Waals surface area (Å²) in [6.45, 7) is 6.55. The Morgan fingerprint density at radius 2 is 1.83 bits per heavy atom. The topological polar surface area (TPSA) is 46.5 Å². The van der Waals surface area contributed by atoms with Crippen LogP contribution in [0.15, 0.2) is 24.4 Å². The van der Waals surface area contributed by atoms with E-state index in [-0.39, 0.29) is 18.3 Å². The fraction of sp³-hybridized carbons (Fsp3) is 0.609. The van der Waals surface area contributed by atoms with E-state index in [1.807, 2.05) is 17.0 Å². The van der Waals surface area contributed by atoms with E-state index >= 15 is 0 Å². The van der Waals surface area contributed by atoms with Gasteiger partial charge in [-0.25, -0.2) is 0 Å². The molecule has 0 spiro atoms. The van der Waals surface area contributed by atoms with Gasteiger partial charge in [-0.1, -0.05) is 31.4 Å². The largest absolute Gasteiger partial charge is 0.489 e. The Morgan fingerprint density at radius 3 is 2.55 bits per heavy atom. The van der Waals surface area contributed by atoms with Gasteiger partial charge in [0.1, 0.15) is 12.4 Å². The van der Waals surface area contributed by atoms with Crippen molar-refractivity contribution in [1.82, 2.24) is 14.8 Å². The van der Waals surface area contributed by atoms with Crippen LogP contribution in [0.2, 0.25) is 0 Å². The average molecular weight is 418 g/mol. The first-order chi connectivity index (χ1) is 13.6. The first-order valence-electron chi connectivity index (χ1n) is 10.9. The molecule has 0 bridgehead atoms. The lowest BCUT2D eigenvalue weighted by atomic mass is 9.83. The molecule has 1 aromatic heterocycles. The molecule has 2 aliphatic heterocycles. The first kappa shape index (κ1) is 20.5. The molecule has 1 saturated carbocycles. The molecule has 29 heavy (non-hydrogen) atoms. The number of rotatable bonds is 2. The van der Waals surface area contributed by atoms with Gasteiger partial charge in [-0.05, 0) is 38.7 Å². The third-order valence-electron chi connectivity index (χ3n) is 6.85. The maximum absolute atomic E-state index is 13.5. The van der Waals surface area contributed by atoms with Gasteiger partial charge in [0.05, 0.1) is 17.1 Å². The molecule has 158 valence electrons. The van der Waals surface area contributed by atoms with Crippen molar-refractivity contribution < 1.29 is 9.53 Å². The van der Waals surface area contributed by atoms with E-state index < -0.39 is 0 Å². The second-order valence-corrected chi connectivity index (χ2v) is 9.06. The second kappa shape index (κ2) is 8.19. The summed E-state index contributed by atoms with van der Waals surface area (Å²) < 4.78 is 8.56. The van der Waals surface area contributed by atoms with Gasteiger partial charge in [0.15, 0.2) is 0 Å². The van der Waals surface area contributed by atoms with E-state index in [2.05, 4.69) is 36.0 Å². The van der Waals surface area contributed by atoms with Gasteiger partial charge in [0.25, 0.3) is 5.91 Å². The lowest BCUT2D eigenvalue weighted by Crippen LogP contribution is -2.55. The van der Waals surface area contributed by atoms with Crippen LogP contribution in [0.4, 0.5) is 0 Å². The quantitative estimate of drug-likeness (QED) is 0.787. The third-order valence-corrected chi connectivity index (χ3v) is 6.85. The highest BCUT2D eigenvalue weighted by Crippen LogP contribution is 2.42. The molecule has 1 aliphatic carbocycles. The highest BCUT2D eigenvalue weighted by atomic mass is 35.5. The zero-order chi connectivity index (χ0) is 19.3. The number of hydrogen-bond acceptors (Lipinski definition) is 3. The monoisotopic (exact) mass is 417 g/mol. The number of benzene rings is 1. The van der Waals surface area contributed by atoms with Gasteiger partial charge in [-0.15, -0.1) is 12.4 Å². The number of aromatic nitrogens is 1. The predicted octanol–water partition coefficient (Wildman–Crippen LogP) is 4.40. The number of nitrogens with one attached hydrogen (secondary N) is 1. The second-order valence-electron chi connectivity index (χ2n) is 9.06. The number of ether oxygens (including phenoxy) is 1. The number of carbonyl (C=O) groups excluding carboxylic acids is 1. The van der Waals surface area contributed by atoms with Crippen molar-refractivity contribution in [2.24, 2.45) is 5.92 Å². The average Bonchev–Trinajstić information content (AvgIpc) is 3.09. The van der Waals surface area contributed by atoms with Crippen LogP contribution in [0.1, 0.15) is 62.4 Å². The van der Waals surface area contributed by atoms with Crippen LogP contribution in [-0.2, 0) is 0 Å². The van der Waals surface area contributed by atoms with Gasteiger partial charge >= 0.3 is 0 Å². The van der Waals surface area contributed by atoms with E-state index in [1.165, 1.54) is 32.1 Å². The fourth-order valence-electron chi connectivity index (χ4n) is 5.63. The summed E-state index contributed by atoms with van der Waals surface area (Å²) in [5.74, 6) is 1.73. The molecule has 0 radical (unpaired) electrons. The number of nitrogens with zero attached hydrogens (tertiary/aromatic N) is 2. The molecule has 1 N–H and O–H groups in total. The van der Waals surface area contributed by atoms with Crippen molar-refractivity contribution in [3.05, 3.63) is 30.0 Å². The summed E-state index contributed by atoms with van der Waals surface area (Å²) >= 11 is 0. The molecular weight excluding hydrogens is 386 g/mol. The van der Waals surface area contributed by atoms with E-state index in [4.69, 9.17) is 4.74 Å². The smallest absolute Gasteiger partial charge is 0.256 e. The highest BCUT2D eigenvalue weighted by Gasteiger charge is 2.34. The lowest BCUT2D eigenvalue weighted by Gasteiger charge is -2.36. The summed E-state index contributed by atoms with van der Waals surface area (Å²) in [4.78, 5) is 15.5.